The molecule has 1 unspecified atom stereocenters. The van der Waals surface area contributed by atoms with Crippen molar-refractivity contribution in [3.63, 3.8) is 0 Å². The van der Waals surface area contributed by atoms with Crippen molar-refractivity contribution >= 4 is 5.97 Å². The maximum absolute atomic E-state index is 11.9. The third kappa shape index (κ3) is 2.53. The number of carbonyl (C=O) groups is 1. The Morgan fingerprint density at radius 1 is 1.36 bits per heavy atom. The van der Waals surface area contributed by atoms with Crippen molar-refractivity contribution in [1.29, 1.82) is 0 Å². The SMILES string of the molecule is C[C@H]1Cc2cc([C@H]3CN4CCNCC4CO3)ccc2C(=O)O1. The van der Waals surface area contributed by atoms with Crippen LogP contribution in [0.5, 0.6) is 0 Å². The summed E-state index contributed by atoms with van der Waals surface area (Å²) in [5.74, 6) is -0.202. The van der Waals surface area contributed by atoms with Crippen molar-refractivity contribution in [3.05, 3.63) is 34.9 Å². The minimum absolute atomic E-state index is 0.0416. The summed E-state index contributed by atoms with van der Waals surface area (Å²) in [7, 11) is 0. The van der Waals surface area contributed by atoms with E-state index in [-0.39, 0.29) is 18.2 Å². The van der Waals surface area contributed by atoms with Crippen molar-refractivity contribution in [2.45, 2.75) is 31.6 Å². The molecule has 2 saturated heterocycles. The molecule has 0 bridgehead atoms. The van der Waals surface area contributed by atoms with Crippen molar-refractivity contribution in [1.82, 2.24) is 10.2 Å². The number of nitrogens with one attached hydrogen (secondary N) is 1. The van der Waals surface area contributed by atoms with E-state index in [1.807, 2.05) is 19.1 Å². The molecular formula is C17H22N2O3. The van der Waals surface area contributed by atoms with E-state index in [2.05, 4.69) is 16.3 Å². The number of hydrogen-bond acceptors (Lipinski definition) is 5. The predicted molar refractivity (Wildman–Crippen MR) is 81.9 cm³/mol. The molecule has 0 aromatic heterocycles. The highest BCUT2D eigenvalue weighted by Gasteiger charge is 2.32. The van der Waals surface area contributed by atoms with Gasteiger partial charge in [-0.1, -0.05) is 12.1 Å². The van der Waals surface area contributed by atoms with Crippen LogP contribution in [0.2, 0.25) is 0 Å². The largest absolute Gasteiger partial charge is 0.459 e. The number of hydrogen-bond donors (Lipinski definition) is 1. The van der Waals surface area contributed by atoms with Crippen LogP contribution in [0.3, 0.4) is 0 Å². The summed E-state index contributed by atoms with van der Waals surface area (Å²) in [4.78, 5) is 14.4. The van der Waals surface area contributed by atoms with Gasteiger partial charge in [-0.05, 0) is 24.1 Å². The van der Waals surface area contributed by atoms with Gasteiger partial charge < -0.3 is 14.8 Å². The summed E-state index contributed by atoms with van der Waals surface area (Å²) in [6.07, 6.45) is 0.853. The number of carbonyl (C=O) groups excluding carboxylic acids is 1. The van der Waals surface area contributed by atoms with Crippen molar-refractivity contribution < 1.29 is 14.3 Å². The van der Waals surface area contributed by atoms with Gasteiger partial charge in [-0.3, -0.25) is 4.90 Å². The van der Waals surface area contributed by atoms with Crippen molar-refractivity contribution in [3.8, 4) is 0 Å². The Morgan fingerprint density at radius 3 is 3.18 bits per heavy atom. The van der Waals surface area contributed by atoms with Gasteiger partial charge in [0.2, 0.25) is 0 Å². The monoisotopic (exact) mass is 302 g/mol. The number of piperazine rings is 1. The molecule has 0 spiro atoms. The Bertz CT molecular complexity index is 589. The minimum Gasteiger partial charge on any atom is -0.459 e. The lowest BCUT2D eigenvalue weighted by atomic mass is 9.94. The smallest absolute Gasteiger partial charge is 0.338 e. The lowest BCUT2D eigenvalue weighted by Gasteiger charge is -2.42. The van der Waals surface area contributed by atoms with Crippen molar-refractivity contribution in [2.75, 3.05) is 32.8 Å². The highest BCUT2D eigenvalue weighted by Crippen LogP contribution is 2.29. The number of ether oxygens (including phenoxy) is 2. The zero-order chi connectivity index (χ0) is 15.1. The molecule has 1 N–H and O–H groups in total. The van der Waals surface area contributed by atoms with Crippen LogP contribution >= 0.6 is 0 Å². The lowest BCUT2D eigenvalue weighted by molar-refractivity contribution is -0.0718. The van der Waals surface area contributed by atoms with E-state index in [1.165, 1.54) is 5.56 Å². The zero-order valence-corrected chi connectivity index (χ0v) is 12.9. The molecule has 0 radical (unpaired) electrons. The van der Waals surface area contributed by atoms with Gasteiger partial charge in [0, 0.05) is 38.6 Å². The van der Waals surface area contributed by atoms with Crippen LogP contribution in [0.4, 0.5) is 0 Å². The van der Waals surface area contributed by atoms with Gasteiger partial charge in [0.1, 0.15) is 6.10 Å². The fourth-order valence-electron chi connectivity index (χ4n) is 3.68. The van der Waals surface area contributed by atoms with Gasteiger partial charge in [0.15, 0.2) is 0 Å². The van der Waals surface area contributed by atoms with Crippen LogP contribution in [0.15, 0.2) is 18.2 Å². The van der Waals surface area contributed by atoms with Crippen LogP contribution < -0.4 is 5.32 Å². The molecule has 3 aliphatic heterocycles. The van der Waals surface area contributed by atoms with Gasteiger partial charge in [0.05, 0.1) is 18.3 Å². The molecule has 118 valence electrons. The molecule has 4 rings (SSSR count). The van der Waals surface area contributed by atoms with E-state index >= 15 is 0 Å². The second-order valence-electron chi connectivity index (χ2n) is 6.51. The fourth-order valence-corrected chi connectivity index (χ4v) is 3.68. The van der Waals surface area contributed by atoms with Crippen molar-refractivity contribution in [2.24, 2.45) is 0 Å². The first kappa shape index (κ1) is 14.2. The fraction of sp³-hybridized carbons (Fsp3) is 0.588. The molecule has 0 aliphatic carbocycles. The number of rotatable bonds is 1. The third-order valence-corrected chi connectivity index (χ3v) is 4.90. The molecule has 22 heavy (non-hydrogen) atoms. The van der Waals surface area contributed by atoms with E-state index in [1.54, 1.807) is 0 Å². The Morgan fingerprint density at radius 2 is 2.27 bits per heavy atom. The predicted octanol–water partition coefficient (Wildman–Crippen LogP) is 1.13. The van der Waals surface area contributed by atoms with E-state index in [0.29, 0.717) is 11.6 Å². The summed E-state index contributed by atoms with van der Waals surface area (Å²) in [6.45, 7) is 6.80. The topological polar surface area (TPSA) is 50.8 Å². The Kier molecular flexibility index (Phi) is 3.64. The van der Waals surface area contributed by atoms with E-state index in [9.17, 15) is 4.79 Å². The lowest BCUT2D eigenvalue weighted by Crippen LogP contribution is -2.57. The Balaban J connectivity index is 1.56. The van der Waals surface area contributed by atoms with Gasteiger partial charge in [-0.2, -0.15) is 0 Å². The molecule has 1 aromatic rings. The summed E-state index contributed by atoms with van der Waals surface area (Å²) in [5.41, 5.74) is 2.97. The molecule has 3 atom stereocenters. The Hall–Kier alpha value is -1.43. The maximum atomic E-state index is 11.9. The van der Waals surface area contributed by atoms with Crippen LogP contribution in [0.1, 0.15) is 34.5 Å². The first-order valence-corrected chi connectivity index (χ1v) is 8.11. The molecule has 3 heterocycles. The third-order valence-electron chi connectivity index (χ3n) is 4.90. The number of fused-ring (bicyclic) bond motifs is 2. The summed E-state index contributed by atoms with van der Waals surface area (Å²) in [6, 6.07) is 6.55. The van der Waals surface area contributed by atoms with Crippen LogP contribution in [-0.2, 0) is 15.9 Å². The minimum atomic E-state index is -0.202. The van der Waals surface area contributed by atoms with Gasteiger partial charge >= 0.3 is 5.97 Å². The number of morpholine rings is 1. The standard InChI is InChI=1S/C17H22N2O3/c1-11-6-13-7-12(2-3-15(13)17(20)22-11)16-9-19-5-4-18-8-14(19)10-21-16/h2-3,7,11,14,16,18H,4-6,8-10H2,1H3/t11-,14?,16+/m0/s1. The summed E-state index contributed by atoms with van der Waals surface area (Å²) >= 11 is 0. The first-order valence-electron chi connectivity index (χ1n) is 8.11. The molecule has 1 aromatic carbocycles. The number of benzene rings is 1. The van der Waals surface area contributed by atoms with E-state index < -0.39 is 0 Å². The quantitative estimate of drug-likeness (QED) is 0.788. The summed E-state index contributed by atoms with van der Waals surface area (Å²) in [5, 5.41) is 3.42. The molecule has 0 amide bonds. The number of nitrogens with zero attached hydrogens (tertiary/aromatic N) is 1. The maximum Gasteiger partial charge on any atom is 0.338 e. The average molecular weight is 302 g/mol. The van der Waals surface area contributed by atoms with E-state index in [0.717, 1.165) is 44.8 Å². The second-order valence-corrected chi connectivity index (χ2v) is 6.51. The zero-order valence-electron chi connectivity index (χ0n) is 12.9. The normalized spacial score (nSPS) is 32.0. The first-order chi connectivity index (χ1) is 10.7. The van der Waals surface area contributed by atoms with Gasteiger partial charge in [0.25, 0.3) is 0 Å². The molecule has 5 heteroatoms. The highest BCUT2D eigenvalue weighted by atomic mass is 16.5. The molecular weight excluding hydrogens is 280 g/mol. The van der Waals surface area contributed by atoms with Crippen LogP contribution in [-0.4, -0.2) is 55.8 Å². The van der Waals surface area contributed by atoms with Crippen LogP contribution in [0.25, 0.3) is 0 Å². The number of cyclic esters (lactones) is 1. The number of esters is 1. The van der Waals surface area contributed by atoms with Gasteiger partial charge in [-0.25, -0.2) is 4.79 Å². The molecule has 3 aliphatic rings. The van der Waals surface area contributed by atoms with Crippen LogP contribution in [0, 0.1) is 0 Å². The Labute approximate surface area is 130 Å². The second kappa shape index (κ2) is 5.65. The summed E-state index contributed by atoms with van der Waals surface area (Å²) < 4.78 is 11.4. The average Bonchev–Trinajstić information content (AvgIpc) is 2.53. The van der Waals surface area contributed by atoms with Gasteiger partial charge in [-0.15, -0.1) is 0 Å². The molecule has 5 nitrogen and oxygen atoms in total. The highest BCUT2D eigenvalue weighted by molar-refractivity contribution is 5.92. The molecule has 2 fully saturated rings. The van der Waals surface area contributed by atoms with E-state index in [4.69, 9.17) is 9.47 Å². The molecule has 0 saturated carbocycles.